The molecule has 160 valence electrons. The Morgan fingerprint density at radius 1 is 0.967 bits per heavy atom. The zero-order valence-corrected chi connectivity index (χ0v) is 18.9. The van der Waals surface area contributed by atoms with Crippen molar-refractivity contribution in [2.75, 3.05) is 39.3 Å². The van der Waals surface area contributed by atoms with Gasteiger partial charge < -0.3 is 4.90 Å². The van der Waals surface area contributed by atoms with Gasteiger partial charge in [-0.15, -0.1) is 11.3 Å². The lowest BCUT2D eigenvalue weighted by molar-refractivity contribution is -0.135. The minimum absolute atomic E-state index is 0.293. The van der Waals surface area contributed by atoms with Crippen molar-refractivity contribution in [2.24, 2.45) is 11.3 Å². The van der Waals surface area contributed by atoms with E-state index in [0.29, 0.717) is 17.2 Å². The summed E-state index contributed by atoms with van der Waals surface area (Å²) in [5.74, 6) is 0.736. The summed E-state index contributed by atoms with van der Waals surface area (Å²) in [6, 6.07) is 13.0. The number of hydrogen-bond acceptors (Lipinski definition) is 4. The maximum Gasteiger partial charge on any atom is 0.226 e. The van der Waals surface area contributed by atoms with Gasteiger partial charge in [-0.3, -0.25) is 14.6 Å². The van der Waals surface area contributed by atoms with Gasteiger partial charge >= 0.3 is 0 Å². The van der Waals surface area contributed by atoms with Gasteiger partial charge in [-0.1, -0.05) is 30.3 Å². The minimum atomic E-state index is 0.293. The third-order valence-electron chi connectivity index (χ3n) is 7.64. The summed E-state index contributed by atoms with van der Waals surface area (Å²) in [6.07, 6.45) is 3.50. The van der Waals surface area contributed by atoms with E-state index in [9.17, 15) is 4.79 Å². The molecule has 2 saturated heterocycles. The van der Waals surface area contributed by atoms with Gasteiger partial charge in [0.05, 0.1) is 0 Å². The molecule has 1 aliphatic carbocycles. The van der Waals surface area contributed by atoms with Crippen molar-refractivity contribution < 1.29 is 4.79 Å². The van der Waals surface area contributed by atoms with Crippen LogP contribution in [0.1, 0.15) is 35.3 Å². The minimum Gasteiger partial charge on any atom is -0.340 e. The zero-order valence-electron chi connectivity index (χ0n) is 18.1. The van der Waals surface area contributed by atoms with Crippen molar-refractivity contribution in [3.8, 4) is 0 Å². The predicted molar refractivity (Wildman–Crippen MR) is 122 cm³/mol. The molecule has 30 heavy (non-hydrogen) atoms. The van der Waals surface area contributed by atoms with E-state index in [1.54, 1.807) is 0 Å². The second kappa shape index (κ2) is 8.45. The molecule has 3 fully saturated rings. The number of thiophene rings is 1. The van der Waals surface area contributed by atoms with Crippen molar-refractivity contribution in [2.45, 2.75) is 39.3 Å². The first-order valence-corrected chi connectivity index (χ1v) is 12.3. The largest absolute Gasteiger partial charge is 0.340 e. The van der Waals surface area contributed by atoms with E-state index in [4.69, 9.17) is 0 Å². The van der Waals surface area contributed by atoms with Crippen LogP contribution in [0.25, 0.3) is 0 Å². The predicted octanol–water partition coefficient (Wildman–Crippen LogP) is 4.00. The molecule has 1 unspecified atom stereocenters. The van der Waals surface area contributed by atoms with Crippen molar-refractivity contribution >= 4 is 17.2 Å². The zero-order chi connectivity index (χ0) is 20.6. The molecule has 1 aromatic carbocycles. The molecule has 5 heteroatoms. The Balaban J connectivity index is 1.09. The van der Waals surface area contributed by atoms with Gasteiger partial charge in [-0.25, -0.2) is 0 Å². The second-order valence-electron chi connectivity index (χ2n) is 9.50. The van der Waals surface area contributed by atoms with Crippen molar-refractivity contribution in [1.82, 2.24) is 14.7 Å². The van der Waals surface area contributed by atoms with E-state index in [-0.39, 0.29) is 0 Å². The van der Waals surface area contributed by atoms with Crippen molar-refractivity contribution in [3.05, 3.63) is 57.8 Å². The molecular weight excluding hydrogens is 390 g/mol. The Hall–Kier alpha value is -1.69. The molecule has 0 N–H and O–H groups in total. The third kappa shape index (κ3) is 4.20. The topological polar surface area (TPSA) is 26.8 Å². The van der Waals surface area contributed by atoms with E-state index >= 15 is 0 Å². The number of piperazine rings is 1. The van der Waals surface area contributed by atoms with E-state index in [2.05, 4.69) is 63.4 Å². The number of carbonyl (C=O) groups excluding carboxylic acids is 1. The summed E-state index contributed by atoms with van der Waals surface area (Å²) >= 11 is 1.83. The van der Waals surface area contributed by atoms with Crippen LogP contribution in [0.15, 0.2) is 41.8 Å². The molecule has 3 heterocycles. The Morgan fingerprint density at radius 3 is 2.40 bits per heavy atom. The van der Waals surface area contributed by atoms with Crippen LogP contribution < -0.4 is 0 Å². The number of hydrogen-bond donors (Lipinski definition) is 0. The fraction of sp³-hybridized carbons (Fsp3) is 0.560. The molecule has 1 spiro atoms. The summed E-state index contributed by atoms with van der Waals surface area (Å²) in [5.41, 5.74) is 3.14. The number of amides is 1. The number of piperidine rings is 1. The van der Waals surface area contributed by atoms with Crippen LogP contribution in [0, 0.1) is 18.3 Å². The van der Waals surface area contributed by atoms with Gasteiger partial charge in [0.2, 0.25) is 5.91 Å². The second-order valence-corrected chi connectivity index (χ2v) is 10.5. The molecule has 2 aliphatic heterocycles. The molecule has 0 radical (unpaired) electrons. The average molecular weight is 424 g/mol. The molecule has 1 saturated carbocycles. The lowest BCUT2D eigenvalue weighted by Gasteiger charge is -2.36. The van der Waals surface area contributed by atoms with Gasteiger partial charge in [0, 0.05) is 50.1 Å². The summed E-state index contributed by atoms with van der Waals surface area (Å²) < 4.78 is 0. The average Bonchev–Trinajstić information content (AvgIpc) is 3.20. The molecule has 5 rings (SSSR count). The Kier molecular flexibility index (Phi) is 5.69. The Morgan fingerprint density at radius 2 is 1.70 bits per heavy atom. The molecule has 1 amide bonds. The fourth-order valence-corrected chi connectivity index (χ4v) is 6.15. The highest BCUT2D eigenvalue weighted by Crippen LogP contribution is 2.60. The van der Waals surface area contributed by atoms with Crippen LogP contribution in [0.5, 0.6) is 0 Å². The number of aryl methyl sites for hydroxylation is 1. The first-order chi connectivity index (χ1) is 14.6. The third-order valence-corrected chi connectivity index (χ3v) is 8.50. The molecular formula is C25H33N3OS. The normalized spacial score (nSPS) is 24.3. The molecule has 2 aromatic rings. The van der Waals surface area contributed by atoms with Crippen LogP contribution in [-0.2, 0) is 17.9 Å². The highest BCUT2D eigenvalue weighted by atomic mass is 32.1. The lowest BCUT2D eigenvalue weighted by Crippen LogP contribution is -2.49. The highest BCUT2D eigenvalue weighted by molar-refractivity contribution is 7.09. The van der Waals surface area contributed by atoms with Crippen molar-refractivity contribution in [3.63, 3.8) is 0 Å². The van der Waals surface area contributed by atoms with Gasteiger partial charge in [0.15, 0.2) is 0 Å². The van der Waals surface area contributed by atoms with Crippen LogP contribution >= 0.6 is 11.3 Å². The standard InChI is InChI=1S/C25H33N3OS/c1-20-5-2-3-6-21(20)18-26-10-8-25(9-11-26)17-23(25)24(29)28-14-12-27(13-15-28)19-22-7-4-16-30-22/h2-7,16,23H,8-15,17-19H2,1H3. The Labute approximate surface area is 184 Å². The van der Waals surface area contributed by atoms with Crippen LogP contribution in [-0.4, -0.2) is 59.9 Å². The number of rotatable bonds is 5. The number of carbonyl (C=O) groups is 1. The first kappa shape index (κ1) is 20.2. The smallest absolute Gasteiger partial charge is 0.226 e. The van der Waals surface area contributed by atoms with E-state index in [0.717, 1.165) is 58.8 Å². The molecule has 1 atom stereocenters. The summed E-state index contributed by atoms with van der Waals surface area (Å²) in [5, 5.41) is 2.15. The first-order valence-electron chi connectivity index (χ1n) is 11.4. The maximum atomic E-state index is 13.2. The van der Waals surface area contributed by atoms with Crippen LogP contribution in [0.3, 0.4) is 0 Å². The van der Waals surface area contributed by atoms with Gasteiger partial charge in [-0.05, 0) is 67.3 Å². The maximum absolute atomic E-state index is 13.2. The summed E-state index contributed by atoms with van der Waals surface area (Å²) in [6.45, 7) is 10.4. The highest BCUT2D eigenvalue weighted by Gasteiger charge is 2.59. The van der Waals surface area contributed by atoms with Crippen LogP contribution in [0.4, 0.5) is 0 Å². The number of likely N-dealkylation sites (tertiary alicyclic amines) is 1. The lowest BCUT2D eigenvalue weighted by atomic mass is 9.90. The number of nitrogens with zero attached hydrogens (tertiary/aromatic N) is 3. The molecule has 3 aliphatic rings. The van der Waals surface area contributed by atoms with Gasteiger partial charge in [0.1, 0.15) is 0 Å². The number of benzene rings is 1. The monoisotopic (exact) mass is 423 g/mol. The fourth-order valence-electron chi connectivity index (χ4n) is 5.40. The molecule has 4 nitrogen and oxygen atoms in total. The molecule has 0 bridgehead atoms. The summed E-state index contributed by atoms with van der Waals surface area (Å²) in [4.78, 5) is 21.8. The van der Waals surface area contributed by atoms with E-state index < -0.39 is 0 Å². The van der Waals surface area contributed by atoms with Gasteiger partial charge in [0.25, 0.3) is 0 Å². The molecule has 1 aromatic heterocycles. The quantitative estimate of drug-likeness (QED) is 0.727. The van der Waals surface area contributed by atoms with Gasteiger partial charge in [-0.2, -0.15) is 0 Å². The van der Waals surface area contributed by atoms with Crippen LogP contribution in [0.2, 0.25) is 0 Å². The summed E-state index contributed by atoms with van der Waals surface area (Å²) in [7, 11) is 0. The Bertz CT molecular complexity index is 864. The van der Waals surface area contributed by atoms with E-state index in [1.807, 2.05) is 11.3 Å². The van der Waals surface area contributed by atoms with E-state index in [1.165, 1.54) is 28.8 Å². The SMILES string of the molecule is Cc1ccccc1CN1CCC2(CC1)CC2C(=O)N1CCN(Cc2cccs2)CC1. The van der Waals surface area contributed by atoms with Crippen molar-refractivity contribution in [1.29, 1.82) is 0 Å².